The first-order valence-electron chi connectivity index (χ1n) is 6.39. The van der Waals surface area contributed by atoms with Gasteiger partial charge < -0.3 is 10.4 Å². The van der Waals surface area contributed by atoms with E-state index in [1.54, 1.807) is 47.7 Å². The lowest BCUT2D eigenvalue weighted by Gasteiger charge is -2.13. The normalized spacial score (nSPS) is 12.2. The molecule has 0 bridgehead atoms. The number of aryl methyl sites for hydroxylation is 1. The highest BCUT2D eigenvalue weighted by Gasteiger charge is 2.20. The molecule has 4 nitrogen and oxygen atoms in total. The summed E-state index contributed by atoms with van der Waals surface area (Å²) in [5.74, 6) is -1.52. The summed E-state index contributed by atoms with van der Waals surface area (Å²) >= 11 is 1.57. The predicted octanol–water partition coefficient (Wildman–Crippen LogP) is 3.01. The number of carbonyl (C=O) groups excluding carboxylic acids is 1. The van der Waals surface area contributed by atoms with Crippen molar-refractivity contribution in [1.82, 2.24) is 5.32 Å². The second-order valence-electron chi connectivity index (χ2n) is 4.47. The Morgan fingerprint density at radius 1 is 1.19 bits per heavy atom. The molecular formula is C16H15NO3S. The standard InChI is InChI=1S/C16H15NO3S/c1-11-7-8-13(21-11)9-10-14(18)17-15(16(19)20)12-5-3-2-4-6-12/h2-10,15H,1H3,(H,17,18)(H,19,20)/b10-9+/t15-/m1/s1. The van der Waals surface area contributed by atoms with Crippen molar-refractivity contribution in [3.05, 3.63) is 63.9 Å². The number of aliphatic carboxylic acids is 1. The SMILES string of the molecule is Cc1ccc(/C=C/C(=O)N[C@@H](C(=O)O)c2ccccc2)s1. The Morgan fingerprint density at radius 3 is 2.48 bits per heavy atom. The van der Waals surface area contributed by atoms with Crippen LogP contribution >= 0.6 is 11.3 Å². The first-order chi connectivity index (χ1) is 10.1. The molecule has 2 aromatic rings. The molecule has 0 radical (unpaired) electrons. The summed E-state index contributed by atoms with van der Waals surface area (Å²) in [5, 5.41) is 11.7. The lowest BCUT2D eigenvalue weighted by atomic mass is 10.1. The maximum absolute atomic E-state index is 11.9. The third-order valence-corrected chi connectivity index (χ3v) is 3.79. The topological polar surface area (TPSA) is 66.4 Å². The van der Waals surface area contributed by atoms with Gasteiger partial charge in [-0.3, -0.25) is 4.79 Å². The highest BCUT2D eigenvalue weighted by atomic mass is 32.1. The quantitative estimate of drug-likeness (QED) is 0.834. The predicted molar refractivity (Wildman–Crippen MR) is 83.1 cm³/mol. The summed E-state index contributed by atoms with van der Waals surface area (Å²) in [4.78, 5) is 25.2. The van der Waals surface area contributed by atoms with Crippen molar-refractivity contribution in [1.29, 1.82) is 0 Å². The van der Waals surface area contributed by atoms with Gasteiger partial charge in [0.1, 0.15) is 0 Å². The van der Waals surface area contributed by atoms with Gasteiger partial charge in [-0.1, -0.05) is 30.3 Å². The molecule has 1 amide bonds. The van der Waals surface area contributed by atoms with Gasteiger partial charge in [0, 0.05) is 15.8 Å². The fourth-order valence-corrected chi connectivity index (χ4v) is 2.60. The molecule has 0 saturated heterocycles. The minimum absolute atomic E-state index is 0.433. The Balaban J connectivity index is 2.05. The summed E-state index contributed by atoms with van der Waals surface area (Å²) in [7, 11) is 0. The van der Waals surface area contributed by atoms with Crippen LogP contribution in [0.25, 0.3) is 6.08 Å². The Labute approximate surface area is 126 Å². The maximum Gasteiger partial charge on any atom is 0.330 e. The van der Waals surface area contributed by atoms with E-state index in [9.17, 15) is 14.7 Å². The average Bonchev–Trinajstić information content (AvgIpc) is 2.89. The summed E-state index contributed by atoms with van der Waals surface area (Å²) < 4.78 is 0. The fraction of sp³-hybridized carbons (Fsp3) is 0.125. The van der Waals surface area contributed by atoms with E-state index in [1.807, 2.05) is 19.1 Å². The Hall–Kier alpha value is -2.40. The van der Waals surface area contributed by atoms with Crippen LogP contribution in [0.3, 0.4) is 0 Å². The number of rotatable bonds is 5. The molecule has 0 aliphatic heterocycles. The van der Waals surface area contributed by atoms with E-state index >= 15 is 0 Å². The van der Waals surface area contributed by atoms with Gasteiger partial charge >= 0.3 is 5.97 Å². The maximum atomic E-state index is 11.9. The van der Waals surface area contributed by atoms with Gasteiger partial charge in [-0.15, -0.1) is 11.3 Å². The molecule has 2 N–H and O–H groups in total. The smallest absolute Gasteiger partial charge is 0.330 e. The van der Waals surface area contributed by atoms with Crippen molar-refractivity contribution >= 4 is 29.3 Å². The molecular weight excluding hydrogens is 286 g/mol. The van der Waals surface area contributed by atoms with E-state index in [-0.39, 0.29) is 0 Å². The second-order valence-corrected chi connectivity index (χ2v) is 5.79. The summed E-state index contributed by atoms with van der Waals surface area (Å²) in [6, 6.07) is 11.4. The van der Waals surface area contributed by atoms with Gasteiger partial charge in [0.25, 0.3) is 0 Å². The lowest BCUT2D eigenvalue weighted by molar-refractivity contribution is -0.141. The Bertz CT molecular complexity index is 661. The first kappa shape index (κ1) is 15.0. The van der Waals surface area contributed by atoms with Crippen LogP contribution in [0.1, 0.15) is 21.4 Å². The Kier molecular flexibility index (Phi) is 4.90. The number of carboxylic acid groups (broad SMARTS) is 1. The fourth-order valence-electron chi connectivity index (χ4n) is 1.82. The minimum Gasteiger partial charge on any atom is -0.479 e. The van der Waals surface area contributed by atoms with E-state index < -0.39 is 17.9 Å². The van der Waals surface area contributed by atoms with Crippen molar-refractivity contribution < 1.29 is 14.7 Å². The molecule has 0 spiro atoms. The van der Waals surface area contributed by atoms with Crippen LogP contribution in [0, 0.1) is 6.92 Å². The third-order valence-electron chi connectivity index (χ3n) is 2.83. The van der Waals surface area contributed by atoms with Crippen molar-refractivity contribution in [2.75, 3.05) is 0 Å². The molecule has 5 heteroatoms. The van der Waals surface area contributed by atoms with Crippen molar-refractivity contribution in [2.45, 2.75) is 13.0 Å². The second kappa shape index (κ2) is 6.85. The molecule has 0 fully saturated rings. The number of hydrogen-bond acceptors (Lipinski definition) is 3. The number of carbonyl (C=O) groups is 2. The largest absolute Gasteiger partial charge is 0.479 e. The Morgan fingerprint density at radius 2 is 1.90 bits per heavy atom. The minimum atomic E-state index is -1.09. The number of nitrogens with one attached hydrogen (secondary N) is 1. The summed E-state index contributed by atoms with van der Waals surface area (Å²) in [5.41, 5.74) is 0.540. The molecule has 21 heavy (non-hydrogen) atoms. The zero-order chi connectivity index (χ0) is 15.2. The van der Waals surface area contributed by atoms with Gasteiger partial charge in [0.2, 0.25) is 5.91 Å². The van der Waals surface area contributed by atoms with E-state index in [1.165, 1.54) is 6.08 Å². The van der Waals surface area contributed by atoms with Gasteiger partial charge in [0.05, 0.1) is 0 Å². The number of thiophene rings is 1. The molecule has 2 rings (SSSR count). The van der Waals surface area contributed by atoms with Crippen LogP contribution < -0.4 is 5.32 Å². The highest BCUT2D eigenvalue weighted by Crippen LogP contribution is 2.17. The van der Waals surface area contributed by atoms with E-state index in [0.717, 1.165) is 9.75 Å². The van der Waals surface area contributed by atoms with Crippen LogP contribution in [0.5, 0.6) is 0 Å². The zero-order valence-corrected chi connectivity index (χ0v) is 12.3. The molecule has 1 aromatic carbocycles. The monoisotopic (exact) mass is 301 g/mol. The molecule has 108 valence electrons. The van der Waals surface area contributed by atoms with Crippen molar-refractivity contribution in [2.24, 2.45) is 0 Å². The number of carboxylic acids is 1. The van der Waals surface area contributed by atoms with E-state index in [4.69, 9.17) is 0 Å². The molecule has 0 aliphatic carbocycles. The van der Waals surface area contributed by atoms with Crippen LogP contribution in [0.15, 0.2) is 48.5 Å². The van der Waals surface area contributed by atoms with Gasteiger partial charge in [0.15, 0.2) is 6.04 Å². The molecule has 0 unspecified atom stereocenters. The molecule has 1 aromatic heterocycles. The van der Waals surface area contributed by atoms with Crippen molar-refractivity contribution in [3.8, 4) is 0 Å². The zero-order valence-electron chi connectivity index (χ0n) is 11.4. The molecule has 0 saturated carbocycles. The third kappa shape index (κ3) is 4.29. The summed E-state index contributed by atoms with van der Waals surface area (Å²) in [6.07, 6.45) is 3.03. The summed E-state index contributed by atoms with van der Waals surface area (Å²) in [6.45, 7) is 1.98. The van der Waals surface area contributed by atoms with Crippen LogP contribution in [0.2, 0.25) is 0 Å². The number of benzene rings is 1. The van der Waals surface area contributed by atoms with Crippen molar-refractivity contribution in [3.63, 3.8) is 0 Å². The lowest BCUT2D eigenvalue weighted by Crippen LogP contribution is -2.32. The van der Waals surface area contributed by atoms with E-state index in [2.05, 4.69) is 5.32 Å². The van der Waals surface area contributed by atoms with Gasteiger partial charge in [-0.05, 0) is 30.7 Å². The average molecular weight is 301 g/mol. The molecule has 0 aliphatic rings. The van der Waals surface area contributed by atoms with Gasteiger partial charge in [-0.2, -0.15) is 0 Å². The van der Waals surface area contributed by atoms with Crippen LogP contribution in [0.4, 0.5) is 0 Å². The van der Waals surface area contributed by atoms with Crippen LogP contribution in [-0.2, 0) is 9.59 Å². The molecule has 1 atom stereocenters. The molecule has 1 heterocycles. The number of amides is 1. The van der Waals surface area contributed by atoms with E-state index in [0.29, 0.717) is 5.56 Å². The van der Waals surface area contributed by atoms with Crippen LogP contribution in [-0.4, -0.2) is 17.0 Å². The number of hydrogen-bond donors (Lipinski definition) is 2. The highest BCUT2D eigenvalue weighted by molar-refractivity contribution is 7.12. The first-order valence-corrected chi connectivity index (χ1v) is 7.20. The van der Waals surface area contributed by atoms with Gasteiger partial charge in [-0.25, -0.2) is 4.79 Å².